The SMILES string of the molecule is C[C@H](NC(=O)[C@@H](N)CO)C(=O)N[C@@H](CCCCN)C(=O)N[C@H](C(=O)O)[C@@H](C)O. The molecule has 0 aliphatic rings. The molecule has 0 saturated heterocycles. The van der Waals surface area contributed by atoms with Crippen molar-refractivity contribution in [2.24, 2.45) is 11.5 Å². The second-order valence-corrected chi connectivity index (χ2v) is 6.43. The molecule has 0 fully saturated rings. The fourth-order valence-corrected chi connectivity index (χ4v) is 2.17. The molecule has 0 saturated carbocycles. The number of carbonyl (C=O) groups is 4. The van der Waals surface area contributed by atoms with Crippen molar-refractivity contribution in [2.45, 2.75) is 63.4 Å². The van der Waals surface area contributed by atoms with Gasteiger partial charge in [-0.1, -0.05) is 0 Å². The first-order valence-electron chi connectivity index (χ1n) is 8.93. The molecule has 162 valence electrons. The van der Waals surface area contributed by atoms with Crippen molar-refractivity contribution >= 4 is 23.7 Å². The zero-order chi connectivity index (χ0) is 21.9. The number of aliphatic hydroxyl groups excluding tert-OH is 2. The number of unbranched alkanes of at least 4 members (excludes halogenated alkanes) is 1. The van der Waals surface area contributed by atoms with Gasteiger partial charge >= 0.3 is 5.97 Å². The van der Waals surface area contributed by atoms with Gasteiger partial charge in [-0.05, 0) is 39.7 Å². The Kier molecular flexibility index (Phi) is 11.9. The van der Waals surface area contributed by atoms with Crippen LogP contribution >= 0.6 is 0 Å². The van der Waals surface area contributed by atoms with Crippen molar-refractivity contribution in [1.29, 1.82) is 0 Å². The number of amides is 3. The van der Waals surface area contributed by atoms with Gasteiger partial charge in [0.05, 0.1) is 12.7 Å². The zero-order valence-electron chi connectivity index (χ0n) is 16.1. The Bertz CT molecular complexity index is 543. The fraction of sp³-hybridized carbons (Fsp3) is 0.750. The highest BCUT2D eigenvalue weighted by molar-refractivity contribution is 5.93. The van der Waals surface area contributed by atoms with Gasteiger partial charge in [-0.25, -0.2) is 4.79 Å². The second kappa shape index (κ2) is 13.0. The van der Waals surface area contributed by atoms with Crippen molar-refractivity contribution in [2.75, 3.05) is 13.2 Å². The summed E-state index contributed by atoms with van der Waals surface area (Å²) in [6.45, 7) is 2.35. The van der Waals surface area contributed by atoms with E-state index in [0.717, 1.165) is 0 Å². The average Bonchev–Trinajstić information content (AvgIpc) is 2.63. The number of carbonyl (C=O) groups excluding carboxylic acids is 3. The first-order chi connectivity index (χ1) is 13.0. The van der Waals surface area contributed by atoms with Crippen molar-refractivity contribution in [1.82, 2.24) is 16.0 Å². The van der Waals surface area contributed by atoms with Gasteiger partial charge in [0.25, 0.3) is 0 Å². The van der Waals surface area contributed by atoms with Gasteiger partial charge in [-0.2, -0.15) is 0 Å². The van der Waals surface area contributed by atoms with Gasteiger partial charge in [-0.15, -0.1) is 0 Å². The molecule has 5 atom stereocenters. The Morgan fingerprint density at radius 2 is 1.57 bits per heavy atom. The van der Waals surface area contributed by atoms with Gasteiger partial charge in [0.15, 0.2) is 6.04 Å². The number of carboxylic acid groups (broad SMARTS) is 1. The van der Waals surface area contributed by atoms with Gasteiger partial charge in [-0.3, -0.25) is 14.4 Å². The second-order valence-electron chi connectivity index (χ2n) is 6.43. The molecule has 0 unspecified atom stereocenters. The van der Waals surface area contributed by atoms with Gasteiger partial charge in [0.1, 0.15) is 18.1 Å². The predicted molar refractivity (Wildman–Crippen MR) is 98.7 cm³/mol. The quantitative estimate of drug-likeness (QED) is 0.142. The third-order valence-corrected chi connectivity index (χ3v) is 3.91. The molecule has 0 radical (unpaired) electrons. The standard InChI is InChI=1S/C16H31N5O7/c1-8(19-14(25)10(18)7-22)13(24)20-11(5-3-4-6-17)15(26)21-12(9(2)23)16(27)28/h8-12,22-23H,3-7,17-18H2,1-2H3,(H,19,25)(H,20,24)(H,21,26)(H,27,28)/t8-,9+,10-,11-,12-/m0/s1. The summed E-state index contributed by atoms with van der Waals surface area (Å²) >= 11 is 0. The summed E-state index contributed by atoms with van der Waals surface area (Å²) < 4.78 is 0. The van der Waals surface area contributed by atoms with E-state index in [4.69, 9.17) is 21.7 Å². The monoisotopic (exact) mass is 405 g/mol. The Morgan fingerprint density at radius 1 is 0.964 bits per heavy atom. The number of hydrogen-bond acceptors (Lipinski definition) is 8. The first kappa shape index (κ1) is 25.7. The lowest BCUT2D eigenvalue weighted by Crippen LogP contribution is -2.57. The van der Waals surface area contributed by atoms with Crippen LogP contribution in [0.3, 0.4) is 0 Å². The van der Waals surface area contributed by atoms with Crippen LogP contribution < -0.4 is 27.4 Å². The maximum Gasteiger partial charge on any atom is 0.328 e. The molecule has 0 aromatic heterocycles. The molecule has 28 heavy (non-hydrogen) atoms. The van der Waals surface area contributed by atoms with Crippen molar-refractivity contribution in [3.63, 3.8) is 0 Å². The Labute approximate surface area is 163 Å². The summed E-state index contributed by atoms with van der Waals surface area (Å²) in [6.07, 6.45) is -0.106. The van der Waals surface area contributed by atoms with E-state index in [9.17, 15) is 24.3 Å². The minimum Gasteiger partial charge on any atom is -0.480 e. The normalized spacial score (nSPS) is 16.2. The summed E-state index contributed by atoms with van der Waals surface area (Å²) in [5.41, 5.74) is 10.8. The highest BCUT2D eigenvalue weighted by atomic mass is 16.4. The Morgan fingerprint density at radius 3 is 2.04 bits per heavy atom. The number of hydrogen-bond donors (Lipinski definition) is 8. The van der Waals surface area contributed by atoms with Crippen molar-refractivity contribution in [3.8, 4) is 0 Å². The number of nitrogens with one attached hydrogen (secondary N) is 3. The maximum atomic E-state index is 12.4. The van der Waals surface area contributed by atoms with E-state index in [1.807, 2.05) is 0 Å². The first-order valence-corrected chi connectivity index (χ1v) is 8.93. The molecular formula is C16H31N5O7. The highest BCUT2D eigenvalue weighted by Crippen LogP contribution is 2.04. The molecule has 0 bridgehead atoms. The molecule has 0 rings (SSSR count). The molecular weight excluding hydrogens is 374 g/mol. The van der Waals surface area contributed by atoms with Gasteiger partial charge in [0.2, 0.25) is 17.7 Å². The molecule has 0 heterocycles. The van der Waals surface area contributed by atoms with E-state index in [0.29, 0.717) is 19.4 Å². The lowest BCUT2D eigenvalue weighted by atomic mass is 10.1. The van der Waals surface area contributed by atoms with Crippen LogP contribution in [0.15, 0.2) is 0 Å². The van der Waals surface area contributed by atoms with Crippen molar-refractivity contribution < 1.29 is 34.5 Å². The van der Waals surface area contributed by atoms with Crippen LogP contribution in [0.2, 0.25) is 0 Å². The number of nitrogens with two attached hydrogens (primary N) is 2. The number of aliphatic hydroxyl groups is 2. The lowest BCUT2D eigenvalue weighted by Gasteiger charge is -2.24. The van der Waals surface area contributed by atoms with Crippen LogP contribution in [-0.4, -0.2) is 82.4 Å². The van der Waals surface area contributed by atoms with E-state index in [-0.39, 0.29) is 6.42 Å². The largest absolute Gasteiger partial charge is 0.480 e. The van der Waals surface area contributed by atoms with Crippen LogP contribution in [0.1, 0.15) is 33.1 Å². The van der Waals surface area contributed by atoms with Crippen LogP contribution in [0, 0.1) is 0 Å². The predicted octanol–water partition coefficient (Wildman–Crippen LogP) is -3.63. The van der Waals surface area contributed by atoms with Gasteiger partial charge < -0.3 is 42.7 Å². The van der Waals surface area contributed by atoms with Crippen LogP contribution in [-0.2, 0) is 19.2 Å². The molecule has 0 aliphatic heterocycles. The molecule has 0 aromatic rings. The Hall–Kier alpha value is -2.28. The van der Waals surface area contributed by atoms with Gasteiger partial charge in [0, 0.05) is 0 Å². The number of rotatable bonds is 13. The van der Waals surface area contributed by atoms with E-state index in [1.165, 1.54) is 13.8 Å². The minimum atomic E-state index is -1.54. The highest BCUT2D eigenvalue weighted by Gasteiger charge is 2.30. The Balaban J connectivity index is 5.07. The molecule has 12 nitrogen and oxygen atoms in total. The topological polar surface area (TPSA) is 217 Å². The zero-order valence-corrected chi connectivity index (χ0v) is 16.1. The third-order valence-electron chi connectivity index (χ3n) is 3.91. The van der Waals surface area contributed by atoms with Crippen LogP contribution in [0.5, 0.6) is 0 Å². The van der Waals surface area contributed by atoms with E-state index >= 15 is 0 Å². The van der Waals surface area contributed by atoms with E-state index in [2.05, 4.69) is 16.0 Å². The van der Waals surface area contributed by atoms with Crippen LogP contribution in [0.4, 0.5) is 0 Å². The third kappa shape index (κ3) is 9.08. The summed E-state index contributed by atoms with van der Waals surface area (Å²) in [4.78, 5) is 47.5. The molecule has 12 heteroatoms. The summed E-state index contributed by atoms with van der Waals surface area (Å²) in [5, 5.41) is 34.3. The smallest absolute Gasteiger partial charge is 0.328 e. The van der Waals surface area contributed by atoms with E-state index < -0.39 is 60.6 Å². The minimum absolute atomic E-state index is 0.178. The van der Waals surface area contributed by atoms with E-state index in [1.54, 1.807) is 0 Å². The number of aliphatic carboxylic acids is 1. The molecule has 0 aliphatic carbocycles. The summed E-state index contributed by atoms with van der Waals surface area (Å²) in [6, 6.07) is -4.88. The van der Waals surface area contributed by atoms with Crippen molar-refractivity contribution in [3.05, 3.63) is 0 Å². The lowest BCUT2D eigenvalue weighted by molar-refractivity contribution is -0.145. The molecule has 0 aromatic carbocycles. The summed E-state index contributed by atoms with van der Waals surface area (Å²) in [5.74, 6) is -3.65. The molecule has 0 spiro atoms. The fourth-order valence-electron chi connectivity index (χ4n) is 2.17. The number of carboxylic acids is 1. The summed E-state index contributed by atoms with van der Waals surface area (Å²) in [7, 11) is 0. The molecule has 10 N–H and O–H groups in total. The maximum absolute atomic E-state index is 12.4. The average molecular weight is 405 g/mol. The van der Waals surface area contributed by atoms with Crippen LogP contribution in [0.25, 0.3) is 0 Å². The molecule has 3 amide bonds.